The Balaban J connectivity index is 1.68. The number of aromatic nitrogens is 2. The van der Waals surface area contributed by atoms with Gasteiger partial charge in [-0.2, -0.15) is 4.98 Å². The average molecular weight is 238 g/mol. The molecule has 1 aliphatic heterocycles. The van der Waals surface area contributed by atoms with Crippen molar-refractivity contribution >= 4 is 0 Å². The fraction of sp³-hybridized carbons (Fsp3) is 0.833. The minimum atomic E-state index is 0.599. The molecule has 2 heterocycles. The molecule has 0 bridgehead atoms. The van der Waals surface area contributed by atoms with Crippen molar-refractivity contribution in [2.75, 3.05) is 19.6 Å². The van der Waals surface area contributed by atoms with Gasteiger partial charge < -0.3 is 14.7 Å². The number of nitrogens with one attached hydrogen (secondary N) is 1. The molecule has 0 amide bonds. The molecular weight excluding hydrogens is 216 g/mol. The maximum atomic E-state index is 4.94. The molecule has 0 saturated carbocycles. The Morgan fingerprint density at radius 3 is 2.76 bits per heavy atom. The van der Waals surface area contributed by atoms with Gasteiger partial charge in [0.25, 0.3) is 0 Å². The number of piperidine rings is 1. The molecule has 1 N–H and O–H groups in total. The zero-order valence-electron chi connectivity index (χ0n) is 10.8. The van der Waals surface area contributed by atoms with E-state index in [1.807, 2.05) is 6.92 Å². The van der Waals surface area contributed by atoms with E-state index in [0.717, 1.165) is 12.4 Å². The molecule has 0 aromatic carbocycles. The van der Waals surface area contributed by atoms with Gasteiger partial charge >= 0.3 is 0 Å². The highest BCUT2D eigenvalue weighted by molar-refractivity contribution is 4.85. The summed E-state index contributed by atoms with van der Waals surface area (Å²) in [7, 11) is 0. The minimum Gasteiger partial charge on any atom is -0.340 e. The second-order valence-electron chi connectivity index (χ2n) is 4.73. The standard InChI is InChI=1S/C12H22N4O/c1-3-6-16-7-4-11(5-8-16)13-9-12-14-10(2)17-15-12/h11,13H,3-9H2,1-2H3. The molecule has 1 saturated heterocycles. The van der Waals surface area contributed by atoms with Crippen molar-refractivity contribution in [2.45, 2.75) is 45.7 Å². The molecule has 0 atom stereocenters. The monoisotopic (exact) mass is 238 g/mol. The molecule has 1 aliphatic rings. The molecule has 0 unspecified atom stereocenters. The summed E-state index contributed by atoms with van der Waals surface area (Å²) >= 11 is 0. The predicted molar refractivity (Wildman–Crippen MR) is 65.6 cm³/mol. The van der Waals surface area contributed by atoms with Crippen LogP contribution in [-0.2, 0) is 6.54 Å². The molecule has 17 heavy (non-hydrogen) atoms. The fourth-order valence-electron chi connectivity index (χ4n) is 2.33. The molecular formula is C12H22N4O. The third kappa shape index (κ3) is 3.78. The highest BCUT2D eigenvalue weighted by Crippen LogP contribution is 2.11. The molecule has 0 spiro atoms. The van der Waals surface area contributed by atoms with Crippen LogP contribution in [0.3, 0.4) is 0 Å². The summed E-state index contributed by atoms with van der Waals surface area (Å²) in [4.78, 5) is 6.73. The quantitative estimate of drug-likeness (QED) is 0.839. The zero-order chi connectivity index (χ0) is 12.1. The third-order valence-electron chi connectivity index (χ3n) is 3.25. The van der Waals surface area contributed by atoms with Crippen LogP contribution in [0.2, 0.25) is 0 Å². The van der Waals surface area contributed by atoms with Gasteiger partial charge in [0.2, 0.25) is 5.89 Å². The Morgan fingerprint density at radius 1 is 1.41 bits per heavy atom. The lowest BCUT2D eigenvalue weighted by atomic mass is 10.0. The average Bonchev–Trinajstić information content (AvgIpc) is 2.75. The summed E-state index contributed by atoms with van der Waals surface area (Å²) in [6.45, 7) is 8.42. The van der Waals surface area contributed by atoms with Crippen LogP contribution >= 0.6 is 0 Å². The molecule has 0 aliphatic carbocycles. The van der Waals surface area contributed by atoms with E-state index in [0.29, 0.717) is 11.9 Å². The highest BCUT2D eigenvalue weighted by Gasteiger charge is 2.18. The van der Waals surface area contributed by atoms with Crippen LogP contribution in [0.25, 0.3) is 0 Å². The second kappa shape index (κ2) is 6.12. The van der Waals surface area contributed by atoms with Crippen LogP contribution in [0.15, 0.2) is 4.52 Å². The van der Waals surface area contributed by atoms with Crippen LogP contribution in [0.1, 0.15) is 37.9 Å². The van der Waals surface area contributed by atoms with Crippen LogP contribution < -0.4 is 5.32 Å². The lowest BCUT2D eigenvalue weighted by Gasteiger charge is -2.31. The summed E-state index contributed by atoms with van der Waals surface area (Å²) in [6, 6.07) is 0.599. The van der Waals surface area contributed by atoms with Crippen LogP contribution in [0.4, 0.5) is 0 Å². The maximum Gasteiger partial charge on any atom is 0.223 e. The molecule has 1 aromatic rings. The van der Waals surface area contributed by atoms with Gasteiger partial charge in [-0.15, -0.1) is 0 Å². The first kappa shape index (κ1) is 12.5. The van der Waals surface area contributed by atoms with Crippen LogP contribution in [0.5, 0.6) is 0 Å². The van der Waals surface area contributed by atoms with Gasteiger partial charge in [-0.25, -0.2) is 0 Å². The van der Waals surface area contributed by atoms with Gasteiger partial charge in [-0.1, -0.05) is 12.1 Å². The van der Waals surface area contributed by atoms with E-state index in [9.17, 15) is 0 Å². The lowest BCUT2D eigenvalue weighted by molar-refractivity contribution is 0.197. The van der Waals surface area contributed by atoms with Crippen molar-refractivity contribution < 1.29 is 4.52 Å². The zero-order valence-corrected chi connectivity index (χ0v) is 10.8. The van der Waals surface area contributed by atoms with Gasteiger partial charge in [-0.05, 0) is 38.9 Å². The number of hydrogen-bond acceptors (Lipinski definition) is 5. The van der Waals surface area contributed by atoms with Gasteiger partial charge in [0.1, 0.15) is 0 Å². The van der Waals surface area contributed by atoms with E-state index >= 15 is 0 Å². The van der Waals surface area contributed by atoms with E-state index < -0.39 is 0 Å². The Kier molecular flexibility index (Phi) is 4.50. The van der Waals surface area contributed by atoms with Crippen molar-refractivity contribution in [3.63, 3.8) is 0 Å². The smallest absolute Gasteiger partial charge is 0.223 e. The molecule has 2 rings (SSSR count). The first-order valence-electron chi connectivity index (χ1n) is 6.53. The largest absolute Gasteiger partial charge is 0.340 e. The summed E-state index contributed by atoms with van der Waals surface area (Å²) in [6.07, 6.45) is 3.69. The normalized spacial score (nSPS) is 18.7. The second-order valence-corrected chi connectivity index (χ2v) is 4.73. The van der Waals surface area contributed by atoms with E-state index in [4.69, 9.17) is 4.52 Å². The number of likely N-dealkylation sites (tertiary alicyclic amines) is 1. The van der Waals surface area contributed by atoms with Crippen molar-refractivity contribution in [1.82, 2.24) is 20.4 Å². The Morgan fingerprint density at radius 2 is 2.18 bits per heavy atom. The summed E-state index contributed by atoms with van der Waals surface area (Å²) in [5, 5.41) is 7.39. The van der Waals surface area contributed by atoms with Crippen molar-refractivity contribution in [2.24, 2.45) is 0 Å². The third-order valence-corrected chi connectivity index (χ3v) is 3.25. The van der Waals surface area contributed by atoms with E-state index in [1.54, 1.807) is 0 Å². The molecule has 96 valence electrons. The summed E-state index contributed by atoms with van der Waals surface area (Å²) in [5.74, 6) is 1.40. The van der Waals surface area contributed by atoms with Gasteiger partial charge in [0.15, 0.2) is 5.82 Å². The first-order valence-corrected chi connectivity index (χ1v) is 6.53. The number of aryl methyl sites for hydroxylation is 1. The SMILES string of the molecule is CCCN1CCC(NCc2noc(C)n2)CC1. The van der Waals surface area contributed by atoms with Gasteiger partial charge in [-0.3, -0.25) is 0 Å². The van der Waals surface area contributed by atoms with Crippen LogP contribution in [-0.4, -0.2) is 40.7 Å². The molecule has 0 radical (unpaired) electrons. The summed E-state index contributed by atoms with van der Waals surface area (Å²) in [5.41, 5.74) is 0. The minimum absolute atomic E-state index is 0.599. The first-order chi connectivity index (χ1) is 8.28. The molecule has 1 aromatic heterocycles. The number of nitrogens with zero attached hydrogens (tertiary/aromatic N) is 3. The van der Waals surface area contributed by atoms with E-state index in [-0.39, 0.29) is 0 Å². The summed E-state index contributed by atoms with van der Waals surface area (Å²) < 4.78 is 4.94. The number of hydrogen-bond donors (Lipinski definition) is 1. The maximum absolute atomic E-state index is 4.94. The lowest BCUT2D eigenvalue weighted by Crippen LogP contribution is -2.42. The predicted octanol–water partition coefficient (Wildman–Crippen LogP) is 1.34. The van der Waals surface area contributed by atoms with Gasteiger partial charge in [0, 0.05) is 13.0 Å². The fourth-order valence-corrected chi connectivity index (χ4v) is 2.33. The number of rotatable bonds is 5. The van der Waals surface area contributed by atoms with Crippen molar-refractivity contribution in [3.8, 4) is 0 Å². The van der Waals surface area contributed by atoms with Crippen molar-refractivity contribution in [3.05, 3.63) is 11.7 Å². The Labute approximate surface area is 103 Å². The molecule has 1 fully saturated rings. The van der Waals surface area contributed by atoms with Crippen molar-refractivity contribution in [1.29, 1.82) is 0 Å². The highest BCUT2D eigenvalue weighted by atomic mass is 16.5. The molecule has 5 nitrogen and oxygen atoms in total. The van der Waals surface area contributed by atoms with Gasteiger partial charge in [0.05, 0.1) is 6.54 Å². The topological polar surface area (TPSA) is 54.2 Å². The Bertz CT molecular complexity index is 331. The van der Waals surface area contributed by atoms with E-state index in [2.05, 4.69) is 27.3 Å². The molecule has 5 heteroatoms. The Hall–Kier alpha value is -0.940. The van der Waals surface area contributed by atoms with Crippen LogP contribution in [0, 0.1) is 6.92 Å². The van der Waals surface area contributed by atoms with E-state index in [1.165, 1.54) is 38.9 Å².